The van der Waals surface area contributed by atoms with Gasteiger partial charge in [-0.15, -0.1) is 0 Å². The second kappa shape index (κ2) is 4.83. The third-order valence-corrected chi connectivity index (χ3v) is 3.07. The summed E-state index contributed by atoms with van der Waals surface area (Å²) in [5.41, 5.74) is 3.13. The number of aryl methyl sites for hydroxylation is 2. The van der Waals surface area contributed by atoms with Crippen LogP contribution in [0, 0.1) is 19.7 Å². The Morgan fingerprint density at radius 1 is 1.35 bits per heavy atom. The average molecular weight is 300 g/mol. The molecule has 0 spiro atoms. The molecular formula is C11H11BrFN3O. The topological polar surface area (TPSA) is 51.0 Å². The van der Waals surface area contributed by atoms with Crippen LogP contribution in [0.3, 0.4) is 0 Å². The zero-order valence-corrected chi connectivity index (χ0v) is 11.0. The molecule has 0 aliphatic heterocycles. The highest BCUT2D eigenvalue weighted by Gasteiger charge is 2.08. The zero-order valence-electron chi connectivity index (χ0n) is 9.42. The summed E-state index contributed by atoms with van der Waals surface area (Å²) in [5, 5.41) is 10.5. The van der Waals surface area contributed by atoms with E-state index < -0.39 is 0 Å². The van der Waals surface area contributed by atoms with E-state index in [1.54, 1.807) is 6.07 Å². The summed E-state index contributed by atoms with van der Waals surface area (Å²) in [6, 6.07) is 3.17. The van der Waals surface area contributed by atoms with Crippen LogP contribution in [0.4, 0.5) is 10.1 Å². The third kappa shape index (κ3) is 2.63. The van der Waals surface area contributed by atoms with Crippen LogP contribution in [0.25, 0.3) is 0 Å². The van der Waals surface area contributed by atoms with E-state index in [9.17, 15) is 4.39 Å². The molecule has 0 radical (unpaired) electrons. The number of halogens is 2. The molecule has 1 aromatic carbocycles. The summed E-state index contributed by atoms with van der Waals surface area (Å²) in [7, 11) is 0. The molecule has 0 aliphatic carbocycles. The molecule has 0 atom stereocenters. The highest BCUT2D eigenvalue weighted by molar-refractivity contribution is 9.10. The normalized spacial score (nSPS) is 10.6. The number of rotatable bonds is 3. The first-order valence-corrected chi connectivity index (χ1v) is 5.85. The van der Waals surface area contributed by atoms with Crippen molar-refractivity contribution < 1.29 is 9.02 Å². The SMILES string of the molecule is Cc1cc(Br)c(F)cc1NCc1nonc1C. The van der Waals surface area contributed by atoms with E-state index in [2.05, 4.69) is 36.2 Å². The summed E-state index contributed by atoms with van der Waals surface area (Å²) in [6.07, 6.45) is 0. The molecule has 0 bridgehead atoms. The number of anilines is 1. The van der Waals surface area contributed by atoms with E-state index in [0.29, 0.717) is 16.7 Å². The zero-order chi connectivity index (χ0) is 12.4. The molecular weight excluding hydrogens is 289 g/mol. The van der Waals surface area contributed by atoms with Crippen molar-refractivity contribution in [3.63, 3.8) is 0 Å². The van der Waals surface area contributed by atoms with Crippen molar-refractivity contribution in [3.8, 4) is 0 Å². The summed E-state index contributed by atoms with van der Waals surface area (Å²) in [6.45, 7) is 4.17. The number of hydrogen-bond donors (Lipinski definition) is 1. The lowest BCUT2D eigenvalue weighted by Crippen LogP contribution is -2.03. The second-order valence-corrected chi connectivity index (χ2v) is 4.59. The largest absolute Gasteiger partial charge is 0.379 e. The summed E-state index contributed by atoms with van der Waals surface area (Å²) >= 11 is 3.14. The second-order valence-electron chi connectivity index (χ2n) is 3.73. The van der Waals surface area contributed by atoms with Crippen LogP contribution in [-0.4, -0.2) is 10.3 Å². The maximum atomic E-state index is 13.4. The number of aromatic nitrogens is 2. The van der Waals surface area contributed by atoms with Crippen molar-refractivity contribution in [1.29, 1.82) is 0 Å². The number of benzene rings is 1. The Morgan fingerprint density at radius 3 is 2.76 bits per heavy atom. The van der Waals surface area contributed by atoms with Gasteiger partial charge in [0.25, 0.3) is 0 Å². The fraction of sp³-hybridized carbons (Fsp3) is 0.273. The first-order valence-electron chi connectivity index (χ1n) is 5.05. The van der Waals surface area contributed by atoms with Gasteiger partial charge in [0, 0.05) is 5.69 Å². The minimum Gasteiger partial charge on any atom is -0.379 e. The summed E-state index contributed by atoms with van der Waals surface area (Å²) in [5.74, 6) is -0.298. The molecule has 2 aromatic rings. The van der Waals surface area contributed by atoms with Gasteiger partial charge < -0.3 is 5.32 Å². The molecule has 0 saturated carbocycles. The van der Waals surface area contributed by atoms with Crippen LogP contribution < -0.4 is 5.32 Å². The monoisotopic (exact) mass is 299 g/mol. The van der Waals surface area contributed by atoms with Gasteiger partial charge in [0.1, 0.15) is 17.2 Å². The van der Waals surface area contributed by atoms with Crippen LogP contribution in [-0.2, 0) is 6.54 Å². The molecule has 1 heterocycles. The maximum Gasteiger partial charge on any atom is 0.139 e. The molecule has 0 amide bonds. The van der Waals surface area contributed by atoms with E-state index in [-0.39, 0.29) is 5.82 Å². The van der Waals surface area contributed by atoms with E-state index in [4.69, 9.17) is 0 Å². The molecule has 0 unspecified atom stereocenters. The summed E-state index contributed by atoms with van der Waals surface area (Å²) < 4.78 is 18.4. The quantitative estimate of drug-likeness (QED) is 0.945. The standard InChI is InChI=1S/C11H11BrFN3O/c1-6-3-8(12)9(13)4-10(6)14-5-11-7(2)15-17-16-11/h3-4,14H,5H2,1-2H3. The van der Waals surface area contributed by atoms with Crippen molar-refractivity contribution in [1.82, 2.24) is 10.3 Å². The molecule has 17 heavy (non-hydrogen) atoms. The smallest absolute Gasteiger partial charge is 0.139 e. The van der Waals surface area contributed by atoms with Gasteiger partial charge in [0.15, 0.2) is 0 Å². The Morgan fingerprint density at radius 2 is 2.12 bits per heavy atom. The van der Waals surface area contributed by atoms with Crippen molar-refractivity contribution in [2.24, 2.45) is 0 Å². The van der Waals surface area contributed by atoms with Crippen LogP contribution in [0.15, 0.2) is 21.2 Å². The lowest BCUT2D eigenvalue weighted by atomic mass is 10.2. The Bertz CT molecular complexity index is 542. The van der Waals surface area contributed by atoms with Gasteiger partial charge in [-0.25, -0.2) is 9.02 Å². The fourth-order valence-corrected chi connectivity index (χ4v) is 1.88. The molecule has 1 N–H and O–H groups in total. The molecule has 0 saturated heterocycles. The highest BCUT2D eigenvalue weighted by Crippen LogP contribution is 2.24. The van der Waals surface area contributed by atoms with Gasteiger partial charge in [0.2, 0.25) is 0 Å². The first-order chi connectivity index (χ1) is 8.08. The average Bonchev–Trinajstić information content (AvgIpc) is 2.68. The first kappa shape index (κ1) is 12.0. The van der Waals surface area contributed by atoms with E-state index in [1.165, 1.54) is 6.07 Å². The Kier molecular flexibility index (Phi) is 3.42. The molecule has 6 heteroatoms. The number of hydrogen-bond acceptors (Lipinski definition) is 4. The Balaban J connectivity index is 2.14. The van der Waals surface area contributed by atoms with E-state index in [1.807, 2.05) is 13.8 Å². The third-order valence-electron chi connectivity index (χ3n) is 2.46. The van der Waals surface area contributed by atoms with Gasteiger partial charge >= 0.3 is 0 Å². The van der Waals surface area contributed by atoms with Crippen LogP contribution in [0.2, 0.25) is 0 Å². The molecule has 0 aliphatic rings. The van der Waals surface area contributed by atoms with Gasteiger partial charge in [-0.2, -0.15) is 0 Å². The van der Waals surface area contributed by atoms with Gasteiger partial charge in [-0.3, -0.25) is 0 Å². The number of nitrogens with zero attached hydrogens (tertiary/aromatic N) is 2. The van der Waals surface area contributed by atoms with Crippen LogP contribution >= 0.6 is 15.9 Å². The minimum atomic E-state index is -0.298. The van der Waals surface area contributed by atoms with Crippen molar-refractivity contribution in [2.45, 2.75) is 20.4 Å². The maximum absolute atomic E-state index is 13.4. The molecule has 4 nitrogen and oxygen atoms in total. The fourth-order valence-electron chi connectivity index (χ4n) is 1.43. The van der Waals surface area contributed by atoms with Gasteiger partial charge in [0.05, 0.1) is 11.0 Å². The molecule has 2 rings (SSSR count). The molecule has 0 fully saturated rings. The minimum absolute atomic E-state index is 0.298. The van der Waals surface area contributed by atoms with Crippen LogP contribution in [0.1, 0.15) is 17.0 Å². The molecule has 1 aromatic heterocycles. The Labute approximate surface area is 106 Å². The van der Waals surface area contributed by atoms with E-state index in [0.717, 1.165) is 16.9 Å². The van der Waals surface area contributed by atoms with Gasteiger partial charge in [-0.1, -0.05) is 10.3 Å². The van der Waals surface area contributed by atoms with Crippen molar-refractivity contribution >= 4 is 21.6 Å². The van der Waals surface area contributed by atoms with Gasteiger partial charge in [-0.05, 0) is 47.5 Å². The highest BCUT2D eigenvalue weighted by atomic mass is 79.9. The predicted octanol–water partition coefficient (Wildman–Crippen LogP) is 3.20. The van der Waals surface area contributed by atoms with Crippen molar-refractivity contribution in [3.05, 3.63) is 39.4 Å². The van der Waals surface area contributed by atoms with Crippen molar-refractivity contribution in [2.75, 3.05) is 5.32 Å². The Hall–Kier alpha value is -1.43. The number of nitrogens with one attached hydrogen (secondary N) is 1. The summed E-state index contributed by atoms with van der Waals surface area (Å²) in [4.78, 5) is 0. The molecule has 90 valence electrons. The van der Waals surface area contributed by atoms with Crippen LogP contribution in [0.5, 0.6) is 0 Å². The lowest BCUT2D eigenvalue weighted by Gasteiger charge is -2.09. The lowest BCUT2D eigenvalue weighted by molar-refractivity contribution is 0.301. The van der Waals surface area contributed by atoms with E-state index >= 15 is 0 Å². The predicted molar refractivity (Wildman–Crippen MR) is 65.2 cm³/mol.